The third kappa shape index (κ3) is 7.67. The average Bonchev–Trinajstić information content (AvgIpc) is 2.91. The van der Waals surface area contributed by atoms with E-state index in [-0.39, 0.29) is 25.1 Å². The van der Waals surface area contributed by atoms with Crippen LogP contribution >= 0.6 is 0 Å². The maximum atomic E-state index is 14.6. The molecule has 36 heavy (non-hydrogen) atoms. The fraction of sp³-hybridized carbons (Fsp3) is 0.333. The van der Waals surface area contributed by atoms with Gasteiger partial charge in [-0.15, -0.1) is 0 Å². The summed E-state index contributed by atoms with van der Waals surface area (Å²) in [5.41, 5.74) is 2.41. The Morgan fingerprint density at radius 1 is 0.917 bits per heavy atom. The molecule has 0 heterocycles. The summed E-state index contributed by atoms with van der Waals surface area (Å²) in [6.07, 6.45) is 1.96. The Bertz CT molecular complexity index is 1120. The first-order chi connectivity index (χ1) is 17.4. The Kier molecular flexibility index (Phi) is 10.0. The molecule has 0 aliphatic heterocycles. The van der Waals surface area contributed by atoms with Crippen molar-refractivity contribution in [2.45, 2.75) is 58.7 Å². The Balaban J connectivity index is 1.90. The molecule has 0 unspecified atom stereocenters. The van der Waals surface area contributed by atoms with Gasteiger partial charge < -0.3 is 15.0 Å². The van der Waals surface area contributed by atoms with Crippen molar-refractivity contribution in [3.8, 4) is 5.75 Å². The van der Waals surface area contributed by atoms with E-state index in [9.17, 15) is 14.0 Å². The third-order valence-corrected chi connectivity index (χ3v) is 6.26. The van der Waals surface area contributed by atoms with Crippen molar-refractivity contribution in [1.29, 1.82) is 0 Å². The summed E-state index contributed by atoms with van der Waals surface area (Å²) >= 11 is 0. The highest BCUT2D eigenvalue weighted by Gasteiger charge is 2.31. The van der Waals surface area contributed by atoms with E-state index in [4.69, 9.17) is 4.74 Å². The molecule has 0 bridgehead atoms. The summed E-state index contributed by atoms with van der Waals surface area (Å²) in [7, 11) is 0. The van der Waals surface area contributed by atoms with Crippen LogP contribution < -0.4 is 10.1 Å². The molecular formula is C30H35FN2O3. The van der Waals surface area contributed by atoms with Gasteiger partial charge in [0.15, 0.2) is 6.61 Å². The van der Waals surface area contributed by atoms with Crippen LogP contribution in [0.25, 0.3) is 0 Å². The smallest absolute Gasteiger partial charge is 0.261 e. The number of carbonyl (C=O) groups excluding carboxylic acids is 2. The Labute approximate surface area is 213 Å². The number of hydrogen-bond acceptors (Lipinski definition) is 3. The van der Waals surface area contributed by atoms with Gasteiger partial charge in [0.05, 0.1) is 0 Å². The molecule has 0 fully saturated rings. The largest absolute Gasteiger partial charge is 0.484 e. The summed E-state index contributed by atoms with van der Waals surface area (Å²) in [5, 5.41) is 3.00. The Morgan fingerprint density at radius 3 is 2.22 bits per heavy atom. The molecular weight excluding hydrogens is 455 g/mol. The fourth-order valence-electron chi connectivity index (χ4n) is 3.85. The average molecular weight is 491 g/mol. The molecule has 0 saturated heterocycles. The molecule has 3 aromatic rings. The lowest BCUT2D eigenvalue weighted by molar-refractivity contribution is -0.143. The lowest BCUT2D eigenvalue weighted by Gasteiger charge is -2.32. The molecule has 3 aromatic carbocycles. The Morgan fingerprint density at radius 2 is 1.58 bits per heavy atom. The first-order valence-corrected chi connectivity index (χ1v) is 12.5. The number of carbonyl (C=O) groups is 2. The molecule has 190 valence electrons. The van der Waals surface area contributed by atoms with E-state index in [2.05, 4.69) is 12.2 Å². The van der Waals surface area contributed by atoms with Crippen LogP contribution in [0.2, 0.25) is 0 Å². The van der Waals surface area contributed by atoms with Crippen molar-refractivity contribution in [3.63, 3.8) is 0 Å². The second-order valence-electron chi connectivity index (χ2n) is 8.92. The van der Waals surface area contributed by atoms with Crippen molar-refractivity contribution in [3.05, 3.63) is 101 Å². The van der Waals surface area contributed by atoms with E-state index in [1.807, 2.05) is 68.4 Å². The monoisotopic (exact) mass is 490 g/mol. The summed E-state index contributed by atoms with van der Waals surface area (Å²) < 4.78 is 20.4. The predicted octanol–water partition coefficient (Wildman–Crippen LogP) is 5.32. The number of aryl methyl sites for hydroxylation is 1. The molecule has 0 aliphatic rings. The van der Waals surface area contributed by atoms with Gasteiger partial charge in [-0.1, -0.05) is 74.5 Å². The van der Waals surface area contributed by atoms with E-state index in [1.54, 1.807) is 18.2 Å². The molecule has 6 heteroatoms. The molecule has 2 amide bonds. The molecule has 2 atom stereocenters. The quantitative estimate of drug-likeness (QED) is 0.374. The summed E-state index contributed by atoms with van der Waals surface area (Å²) in [5.74, 6) is -0.523. The minimum atomic E-state index is -0.834. The van der Waals surface area contributed by atoms with Gasteiger partial charge in [-0.25, -0.2) is 4.39 Å². The topological polar surface area (TPSA) is 58.6 Å². The van der Waals surface area contributed by atoms with Crippen molar-refractivity contribution >= 4 is 11.8 Å². The fourth-order valence-corrected chi connectivity index (χ4v) is 3.85. The first-order valence-electron chi connectivity index (χ1n) is 12.5. The number of amides is 2. The zero-order chi connectivity index (χ0) is 25.9. The lowest BCUT2D eigenvalue weighted by atomic mass is 10.0. The summed E-state index contributed by atoms with van der Waals surface area (Å²) in [6, 6.07) is 22.5. The summed E-state index contributed by atoms with van der Waals surface area (Å²) in [4.78, 5) is 28.4. The van der Waals surface area contributed by atoms with Crippen LogP contribution in [0.5, 0.6) is 5.75 Å². The molecule has 0 aliphatic carbocycles. The zero-order valence-corrected chi connectivity index (χ0v) is 21.2. The predicted molar refractivity (Wildman–Crippen MR) is 140 cm³/mol. The van der Waals surface area contributed by atoms with Gasteiger partial charge in [0.25, 0.3) is 5.91 Å². The van der Waals surface area contributed by atoms with Crippen LogP contribution in [0.4, 0.5) is 4.39 Å². The highest BCUT2D eigenvalue weighted by atomic mass is 19.1. The van der Waals surface area contributed by atoms with Crippen LogP contribution in [-0.2, 0) is 29.0 Å². The van der Waals surface area contributed by atoms with Crippen molar-refractivity contribution in [2.75, 3.05) is 6.61 Å². The minimum Gasteiger partial charge on any atom is -0.484 e. The van der Waals surface area contributed by atoms with Gasteiger partial charge in [-0.05, 0) is 49.1 Å². The summed E-state index contributed by atoms with van der Waals surface area (Å²) in [6.45, 7) is 5.66. The molecule has 5 nitrogen and oxygen atoms in total. The van der Waals surface area contributed by atoms with E-state index in [0.29, 0.717) is 17.7 Å². The molecule has 0 saturated carbocycles. The molecule has 0 aromatic heterocycles. The van der Waals surface area contributed by atoms with Crippen LogP contribution in [0.15, 0.2) is 78.9 Å². The van der Waals surface area contributed by atoms with Gasteiger partial charge in [-0.3, -0.25) is 9.59 Å². The zero-order valence-electron chi connectivity index (χ0n) is 21.2. The molecule has 3 rings (SSSR count). The van der Waals surface area contributed by atoms with Crippen LogP contribution in [0.1, 0.15) is 43.9 Å². The second-order valence-corrected chi connectivity index (χ2v) is 8.92. The first kappa shape index (κ1) is 26.9. The highest BCUT2D eigenvalue weighted by molar-refractivity contribution is 5.88. The maximum absolute atomic E-state index is 14.6. The Hall–Kier alpha value is -3.67. The number of nitrogens with zero attached hydrogens (tertiary/aromatic N) is 1. The van der Waals surface area contributed by atoms with E-state index in [0.717, 1.165) is 18.4 Å². The lowest BCUT2D eigenvalue weighted by Crippen LogP contribution is -2.53. The van der Waals surface area contributed by atoms with Gasteiger partial charge in [0, 0.05) is 24.6 Å². The van der Waals surface area contributed by atoms with Gasteiger partial charge in [0.1, 0.15) is 17.6 Å². The van der Waals surface area contributed by atoms with Crippen molar-refractivity contribution in [1.82, 2.24) is 10.2 Å². The number of halogens is 1. The minimum absolute atomic E-state index is 0.0466. The van der Waals surface area contributed by atoms with E-state index < -0.39 is 17.8 Å². The third-order valence-electron chi connectivity index (χ3n) is 6.26. The normalized spacial score (nSPS) is 12.4. The molecule has 0 radical (unpaired) electrons. The van der Waals surface area contributed by atoms with E-state index in [1.165, 1.54) is 16.5 Å². The van der Waals surface area contributed by atoms with Crippen molar-refractivity contribution in [2.24, 2.45) is 0 Å². The standard InChI is InChI=1S/C30H35FN2O3/c1-4-22(3)32-30(35)28(19-24-11-7-6-8-12-24)33(20-25-13-9-10-14-27(25)31)29(34)21-36-26-17-15-23(5-2)16-18-26/h6-18,22,28H,4-5,19-21H2,1-3H3,(H,32,35)/t22-,28+/m1/s1. The number of rotatable bonds is 12. The maximum Gasteiger partial charge on any atom is 0.261 e. The van der Waals surface area contributed by atoms with Crippen LogP contribution in [0.3, 0.4) is 0 Å². The van der Waals surface area contributed by atoms with E-state index >= 15 is 0 Å². The number of benzene rings is 3. The van der Waals surface area contributed by atoms with Crippen LogP contribution in [0, 0.1) is 5.82 Å². The SMILES string of the molecule is CCc1ccc(OCC(=O)N(Cc2ccccc2F)[C@@H](Cc2ccccc2)C(=O)N[C@H](C)CC)cc1. The highest BCUT2D eigenvalue weighted by Crippen LogP contribution is 2.18. The van der Waals surface area contributed by atoms with Crippen LogP contribution in [-0.4, -0.2) is 35.4 Å². The number of ether oxygens (including phenoxy) is 1. The molecule has 1 N–H and O–H groups in total. The number of hydrogen-bond donors (Lipinski definition) is 1. The van der Waals surface area contributed by atoms with Gasteiger partial charge >= 0.3 is 0 Å². The van der Waals surface area contributed by atoms with Crippen molar-refractivity contribution < 1.29 is 18.7 Å². The number of nitrogens with one attached hydrogen (secondary N) is 1. The molecule has 0 spiro atoms. The second kappa shape index (κ2) is 13.4. The van der Waals surface area contributed by atoms with Gasteiger partial charge in [0.2, 0.25) is 5.91 Å². The van der Waals surface area contributed by atoms with Gasteiger partial charge in [-0.2, -0.15) is 0 Å².